The van der Waals surface area contributed by atoms with Crippen LogP contribution in [0.2, 0.25) is 0 Å². The lowest BCUT2D eigenvalue weighted by Gasteiger charge is -2.36. The van der Waals surface area contributed by atoms with Crippen molar-refractivity contribution in [1.29, 1.82) is 0 Å². The van der Waals surface area contributed by atoms with E-state index in [0.717, 1.165) is 31.5 Å². The number of aromatic nitrogens is 1. The van der Waals surface area contributed by atoms with Crippen LogP contribution in [0, 0.1) is 5.82 Å². The van der Waals surface area contributed by atoms with E-state index in [-0.39, 0.29) is 18.0 Å². The molecule has 7 nitrogen and oxygen atoms in total. The molecule has 2 aliphatic rings. The summed E-state index contributed by atoms with van der Waals surface area (Å²) in [5.41, 5.74) is 1.43. The maximum Gasteiger partial charge on any atom is 0.257 e. The number of likely N-dealkylation sites (tertiary alicyclic amines) is 1. The Hall–Kier alpha value is -2.32. The lowest BCUT2D eigenvalue weighted by Crippen LogP contribution is -2.39. The van der Waals surface area contributed by atoms with Crippen molar-refractivity contribution in [3.05, 3.63) is 29.4 Å². The first-order valence-electron chi connectivity index (χ1n) is 9.96. The highest BCUT2D eigenvalue weighted by Crippen LogP contribution is 2.33. The molecule has 0 amide bonds. The highest BCUT2D eigenvalue weighted by atomic mass is 19.1. The van der Waals surface area contributed by atoms with E-state index < -0.39 is 0 Å². The third kappa shape index (κ3) is 5.61. The van der Waals surface area contributed by atoms with Crippen molar-refractivity contribution in [1.82, 2.24) is 9.88 Å². The second-order valence-corrected chi connectivity index (χ2v) is 7.39. The van der Waals surface area contributed by atoms with Crippen molar-refractivity contribution in [3.63, 3.8) is 0 Å². The first-order valence-corrected chi connectivity index (χ1v) is 9.96. The summed E-state index contributed by atoms with van der Waals surface area (Å²) in [6.07, 6.45) is 3.72. The average Bonchev–Trinajstić information content (AvgIpc) is 2.75. The molecule has 8 heteroatoms. The summed E-state index contributed by atoms with van der Waals surface area (Å²) >= 11 is 0. The van der Waals surface area contributed by atoms with Gasteiger partial charge in [0.15, 0.2) is 5.75 Å². The Kier molecular flexibility index (Phi) is 7.33. The normalized spacial score (nSPS) is 19.9. The van der Waals surface area contributed by atoms with E-state index in [1.165, 1.54) is 6.07 Å². The predicted octanol–water partition coefficient (Wildman–Crippen LogP) is 3.56. The van der Waals surface area contributed by atoms with Crippen LogP contribution in [0.5, 0.6) is 11.6 Å². The van der Waals surface area contributed by atoms with Gasteiger partial charge in [0, 0.05) is 25.4 Å². The fourth-order valence-electron chi connectivity index (χ4n) is 3.39. The van der Waals surface area contributed by atoms with Gasteiger partial charge in [-0.05, 0) is 45.9 Å². The zero-order valence-corrected chi connectivity index (χ0v) is 17.4. The Morgan fingerprint density at radius 2 is 2.10 bits per heavy atom. The van der Waals surface area contributed by atoms with E-state index in [9.17, 15) is 4.39 Å². The summed E-state index contributed by atoms with van der Waals surface area (Å²) in [5.74, 6) is 1.03. The van der Waals surface area contributed by atoms with Crippen LogP contribution in [0.15, 0.2) is 27.8 Å². The molecule has 0 N–H and O–H groups in total. The summed E-state index contributed by atoms with van der Waals surface area (Å²) in [6, 6.07) is 1.24. The first kappa shape index (κ1) is 21.4. The van der Waals surface area contributed by atoms with Gasteiger partial charge in [0.1, 0.15) is 24.9 Å². The minimum Gasteiger partial charge on any atom is -0.484 e. The third-order valence-electron chi connectivity index (χ3n) is 5.18. The van der Waals surface area contributed by atoms with Crippen molar-refractivity contribution < 1.29 is 18.6 Å². The average molecular weight is 404 g/mol. The molecule has 29 heavy (non-hydrogen) atoms. The number of ether oxygens (including phenoxy) is 3. The number of hydrogen-bond acceptors (Lipinski definition) is 6. The van der Waals surface area contributed by atoms with Crippen molar-refractivity contribution in [2.24, 2.45) is 9.98 Å². The van der Waals surface area contributed by atoms with Gasteiger partial charge < -0.3 is 14.2 Å². The Labute approximate surface area is 171 Å². The molecule has 0 saturated carbocycles. The Bertz CT molecular complexity index is 788. The number of halogens is 1. The minimum atomic E-state index is -0.356. The van der Waals surface area contributed by atoms with E-state index in [0.29, 0.717) is 43.0 Å². The summed E-state index contributed by atoms with van der Waals surface area (Å²) < 4.78 is 31.5. The number of aliphatic imine (C=N–C) groups is 2. The number of hydrogen-bond donors (Lipinski definition) is 0. The molecule has 1 aromatic rings. The van der Waals surface area contributed by atoms with Crippen LogP contribution in [-0.2, 0) is 4.74 Å². The van der Waals surface area contributed by atoms with Crippen LogP contribution >= 0.6 is 0 Å². The van der Waals surface area contributed by atoms with E-state index >= 15 is 0 Å². The zero-order valence-electron chi connectivity index (χ0n) is 17.4. The maximum absolute atomic E-state index is 14.5. The van der Waals surface area contributed by atoms with Crippen LogP contribution in [0.25, 0.3) is 0 Å². The standard InChI is InChI=1S/C21H29FN4O3/c1-14(12-24-16(3)23-4)13-29-17-5-7-26(8-6-17)15(2)20-18(22)11-19-21(25-20)28-10-9-27-19/h11-12,15,17H,4-10,13H2,1-3H3/b14-12+,24-16-/t15-/m0/s1. The number of amidine groups is 1. The minimum absolute atomic E-state index is 0.142. The molecule has 0 aromatic carbocycles. The lowest BCUT2D eigenvalue weighted by molar-refractivity contribution is 0.00882. The quantitative estimate of drug-likeness (QED) is 0.536. The van der Waals surface area contributed by atoms with Gasteiger partial charge in [0.05, 0.1) is 24.4 Å². The highest BCUT2D eigenvalue weighted by Gasteiger charge is 2.28. The molecule has 0 aliphatic carbocycles. The van der Waals surface area contributed by atoms with Gasteiger partial charge in [-0.1, -0.05) is 0 Å². The van der Waals surface area contributed by atoms with Gasteiger partial charge in [0.2, 0.25) is 0 Å². The van der Waals surface area contributed by atoms with Gasteiger partial charge in [-0.2, -0.15) is 0 Å². The van der Waals surface area contributed by atoms with Gasteiger partial charge >= 0.3 is 0 Å². The smallest absolute Gasteiger partial charge is 0.257 e. The monoisotopic (exact) mass is 404 g/mol. The summed E-state index contributed by atoms with van der Waals surface area (Å²) in [4.78, 5) is 14.6. The van der Waals surface area contributed by atoms with Crippen molar-refractivity contribution in [2.75, 3.05) is 32.9 Å². The van der Waals surface area contributed by atoms with Crippen molar-refractivity contribution >= 4 is 12.6 Å². The molecule has 0 bridgehead atoms. The van der Waals surface area contributed by atoms with Crippen molar-refractivity contribution in [2.45, 2.75) is 45.8 Å². The predicted molar refractivity (Wildman–Crippen MR) is 111 cm³/mol. The largest absolute Gasteiger partial charge is 0.484 e. The van der Waals surface area contributed by atoms with Gasteiger partial charge in [0.25, 0.3) is 5.88 Å². The second kappa shape index (κ2) is 9.93. The third-order valence-corrected chi connectivity index (χ3v) is 5.18. The first-order chi connectivity index (χ1) is 14.0. The lowest BCUT2D eigenvalue weighted by atomic mass is 10.0. The van der Waals surface area contributed by atoms with Crippen LogP contribution in [0.1, 0.15) is 45.3 Å². The molecule has 3 rings (SSSR count). The van der Waals surface area contributed by atoms with Crippen LogP contribution in [-0.4, -0.2) is 61.5 Å². The Morgan fingerprint density at radius 1 is 1.38 bits per heavy atom. The van der Waals surface area contributed by atoms with E-state index in [1.807, 2.05) is 13.8 Å². The topological polar surface area (TPSA) is 68.5 Å². The van der Waals surface area contributed by atoms with Crippen molar-refractivity contribution in [3.8, 4) is 11.6 Å². The molecule has 1 aromatic heterocycles. The molecule has 2 aliphatic heterocycles. The van der Waals surface area contributed by atoms with Gasteiger partial charge in [-0.15, -0.1) is 0 Å². The number of fused-ring (bicyclic) bond motifs is 1. The molecule has 158 valence electrons. The zero-order chi connectivity index (χ0) is 20.8. The Morgan fingerprint density at radius 3 is 2.83 bits per heavy atom. The fourth-order valence-corrected chi connectivity index (χ4v) is 3.39. The molecule has 0 unspecified atom stereocenters. The molecule has 3 heterocycles. The maximum atomic E-state index is 14.5. The molecule has 0 radical (unpaired) electrons. The summed E-state index contributed by atoms with van der Waals surface area (Å²) in [7, 11) is 0. The van der Waals surface area contributed by atoms with Gasteiger partial charge in [-0.25, -0.2) is 19.4 Å². The van der Waals surface area contributed by atoms with E-state index in [1.54, 1.807) is 13.1 Å². The summed E-state index contributed by atoms with van der Waals surface area (Å²) in [6.45, 7) is 12.2. The molecule has 1 saturated heterocycles. The fraction of sp³-hybridized carbons (Fsp3) is 0.571. The molecule has 1 atom stereocenters. The SMILES string of the molecule is C=N/C(C)=N\C=C(/C)COC1CCN([C@@H](C)c2nc3c(cc2F)OCCO3)CC1. The highest BCUT2D eigenvalue weighted by molar-refractivity contribution is 5.84. The van der Waals surface area contributed by atoms with Crippen LogP contribution in [0.4, 0.5) is 4.39 Å². The molecular weight excluding hydrogens is 375 g/mol. The Balaban J connectivity index is 1.52. The molecule has 0 spiro atoms. The van der Waals surface area contributed by atoms with Crippen LogP contribution in [0.3, 0.4) is 0 Å². The second-order valence-electron chi connectivity index (χ2n) is 7.39. The summed E-state index contributed by atoms with van der Waals surface area (Å²) in [5, 5.41) is 0. The van der Waals surface area contributed by atoms with Gasteiger partial charge in [-0.3, -0.25) is 4.90 Å². The number of pyridine rings is 1. The number of piperidine rings is 1. The number of rotatable bonds is 6. The van der Waals surface area contributed by atoms with E-state index in [2.05, 4.69) is 26.6 Å². The number of nitrogens with zero attached hydrogens (tertiary/aromatic N) is 4. The molecular formula is C21H29FN4O3. The van der Waals surface area contributed by atoms with Crippen LogP contribution < -0.4 is 9.47 Å². The van der Waals surface area contributed by atoms with E-state index in [4.69, 9.17) is 14.2 Å². The molecule has 1 fully saturated rings.